The van der Waals surface area contributed by atoms with Crippen LogP contribution in [-0.4, -0.2) is 16.2 Å². The van der Waals surface area contributed by atoms with E-state index in [9.17, 15) is 9.90 Å². The average Bonchev–Trinajstić information content (AvgIpc) is 2.44. The van der Waals surface area contributed by atoms with Crippen LogP contribution in [0.15, 0.2) is 24.3 Å². The molecule has 2 unspecified atom stereocenters. The third-order valence-electron chi connectivity index (χ3n) is 5.43. The number of allylic oxidation sites excluding steroid dienone is 1. The topological polar surface area (TPSA) is 57.5 Å². The Morgan fingerprint density at radius 2 is 2.09 bits per heavy atom. The molecule has 0 bridgehead atoms. The number of fused-ring (bicyclic) bond motifs is 1. The molecule has 0 aliphatic heterocycles. The van der Waals surface area contributed by atoms with Gasteiger partial charge in [-0.25, -0.2) is 0 Å². The minimum Gasteiger partial charge on any atom is -0.508 e. The summed E-state index contributed by atoms with van der Waals surface area (Å²) in [5, 5.41) is 19.4. The molecule has 0 heterocycles. The molecule has 3 nitrogen and oxygen atoms in total. The van der Waals surface area contributed by atoms with Gasteiger partial charge in [0.15, 0.2) is 0 Å². The molecule has 2 rings (SSSR count). The molecular weight excluding hydrogens is 288 g/mol. The van der Waals surface area contributed by atoms with Gasteiger partial charge in [0.05, 0.1) is 0 Å². The first-order valence-electron chi connectivity index (χ1n) is 8.41. The molecule has 2 N–H and O–H groups in total. The van der Waals surface area contributed by atoms with E-state index in [2.05, 4.69) is 27.4 Å². The average molecular weight is 316 g/mol. The number of rotatable bonds is 5. The van der Waals surface area contributed by atoms with Gasteiger partial charge in [-0.1, -0.05) is 39.0 Å². The van der Waals surface area contributed by atoms with Gasteiger partial charge in [-0.2, -0.15) is 0 Å². The number of carboxylic acids is 1. The summed E-state index contributed by atoms with van der Waals surface area (Å²) < 4.78 is 0. The predicted molar refractivity (Wildman–Crippen MR) is 93.0 cm³/mol. The van der Waals surface area contributed by atoms with Crippen molar-refractivity contribution >= 4 is 5.97 Å². The van der Waals surface area contributed by atoms with Gasteiger partial charge in [0, 0.05) is 6.42 Å². The van der Waals surface area contributed by atoms with E-state index in [0.717, 1.165) is 24.0 Å². The number of aromatic hydroxyl groups is 1. The van der Waals surface area contributed by atoms with Crippen molar-refractivity contribution < 1.29 is 15.0 Å². The van der Waals surface area contributed by atoms with Gasteiger partial charge in [-0.15, -0.1) is 0 Å². The van der Waals surface area contributed by atoms with E-state index in [1.54, 1.807) is 6.07 Å². The maximum Gasteiger partial charge on any atom is 0.303 e. The Balaban J connectivity index is 2.60. The largest absolute Gasteiger partial charge is 0.508 e. The second-order valence-corrected chi connectivity index (χ2v) is 7.43. The van der Waals surface area contributed by atoms with Gasteiger partial charge >= 0.3 is 5.97 Å². The van der Waals surface area contributed by atoms with Gasteiger partial charge in [0.1, 0.15) is 5.75 Å². The van der Waals surface area contributed by atoms with E-state index in [-0.39, 0.29) is 23.7 Å². The molecule has 0 saturated heterocycles. The quantitative estimate of drug-likeness (QED) is 0.769. The molecule has 3 heteroatoms. The van der Waals surface area contributed by atoms with Crippen molar-refractivity contribution in [2.75, 3.05) is 0 Å². The van der Waals surface area contributed by atoms with Crippen LogP contribution >= 0.6 is 0 Å². The lowest BCUT2D eigenvalue weighted by atomic mass is 9.59. The summed E-state index contributed by atoms with van der Waals surface area (Å²) >= 11 is 0. The van der Waals surface area contributed by atoms with E-state index < -0.39 is 5.97 Å². The normalized spacial score (nSPS) is 23.6. The summed E-state index contributed by atoms with van der Waals surface area (Å²) in [6.45, 7) is 12.5. The number of benzene rings is 1. The van der Waals surface area contributed by atoms with Crippen molar-refractivity contribution in [3.8, 4) is 5.75 Å². The fraction of sp³-hybridized carbons (Fsp3) is 0.550. The zero-order valence-corrected chi connectivity index (χ0v) is 14.6. The molecule has 1 aromatic rings. The molecule has 126 valence electrons. The van der Waals surface area contributed by atoms with Crippen LogP contribution in [0.3, 0.4) is 0 Å². The van der Waals surface area contributed by atoms with Crippen LogP contribution < -0.4 is 0 Å². The molecule has 1 aromatic carbocycles. The predicted octanol–water partition coefficient (Wildman–Crippen LogP) is 4.78. The molecule has 0 spiro atoms. The first-order valence-corrected chi connectivity index (χ1v) is 8.41. The molecule has 0 radical (unpaired) electrons. The summed E-state index contributed by atoms with van der Waals surface area (Å²) in [7, 11) is 0. The summed E-state index contributed by atoms with van der Waals surface area (Å²) in [4.78, 5) is 11.1. The van der Waals surface area contributed by atoms with Crippen LogP contribution in [0.5, 0.6) is 5.75 Å². The van der Waals surface area contributed by atoms with Crippen LogP contribution in [0.1, 0.15) is 69.6 Å². The van der Waals surface area contributed by atoms with Crippen molar-refractivity contribution in [2.24, 2.45) is 5.92 Å². The Morgan fingerprint density at radius 1 is 1.43 bits per heavy atom. The van der Waals surface area contributed by atoms with Gasteiger partial charge in [-0.3, -0.25) is 4.79 Å². The number of phenols is 1. The maximum absolute atomic E-state index is 11.1. The van der Waals surface area contributed by atoms with E-state index in [1.807, 2.05) is 13.0 Å². The molecule has 0 amide bonds. The van der Waals surface area contributed by atoms with Crippen molar-refractivity contribution in [1.82, 2.24) is 0 Å². The highest BCUT2D eigenvalue weighted by Gasteiger charge is 2.42. The minimum absolute atomic E-state index is 0.150. The summed E-state index contributed by atoms with van der Waals surface area (Å²) in [5.41, 5.74) is 4.30. The Kier molecular flexibility index (Phi) is 4.88. The molecule has 1 aliphatic carbocycles. The zero-order valence-electron chi connectivity index (χ0n) is 14.6. The molecule has 2 atom stereocenters. The van der Waals surface area contributed by atoms with Crippen LogP contribution in [-0.2, 0) is 16.6 Å². The number of hydrogen-bond donors (Lipinski definition) is 2. The fourth-order valence-corrected chi connectivity index (χ4v) is 4.36. The number of aliphatic carboxylic acids is 1. The third-order valence-corrected chi connectivity index (χ3v) is 5.43. The van der Waals surface area contributed by atoms with Crippen molar-refractivity contribution in [3.05, 3.63) is 41.0 Å². The number of phenolic OH excluding ortho intramolecular Hbond substituents is 1. The Morgan fingerprint density at radius 3 is 2.61 bits per heavy atom. The van der Waals surface area contributed by atoms with Crippen molar-refractivity contribution in [1.29, 1.82) is 0 Å². The maximum atomic E-state index is 11.1. The summed E-state index contributed by atoms with van der Waals surface area (Å²) in [5.74, 6) is 0.115. The van der Waals surface area contributed by atoms with Gasteiger partial charge in [-0.05, 0) is 66.2 Å². The monoisotopic (exact) mass is 316 g/mol. The molecule has 23 heavy (non-hydrogen) atoms. The standard InChI is InChI=1S/C20H28O3/c1-12(2)15-7-6-14-16(20(15,5)11-10-18(22)23)8-9-17(21)19(14)13(3)4/h8-9,13,15,21H,1,6-7,10-11H2,2-5H3,(H,22,23). The lowest BCUT2D eigenvalue weighted by Crippen LogP contribution is -2.38. The highest BCUT2D eigenvalue weighted by atomic mass is 16.4. The van der Waals surface area contributed by atoms with Gasteiger partial charge in [0.2, 0.25) is 0 Å². The van der Waals surface area contributed by atoms with Gasteiger partial charge in [0.25, 0.3) is 0 Å². The van der Waals surface area contributed by atoms with E-state index in [0.29, 0.717) is 12.2 Å². The Labute approximate surface area is 139 Å². The zero-order chi connectivity index (χ0) is 17.4. The molecular formula is C20H28O3. The second kappa shape index (κ2) is 6.38. The molecule has 0 saturated carbocycles. The van der Waals surface area contributed by atoms with Crippen molar-refractivity contribution in [3.63, 3.8) is 0 Å². The summed E-state index contributed by atoms with van der Waals surface area (Å²) in [6, 6.07) is 3.77. The minimum atomic E-state index is -0.762. The first kappa shape index (κ1) is 17.6. The Hall–Kier alpha value is -1.77. The molecule has 0 aromatic heterocycles. The lowest BCUT2D eigenvalue weighted by molar-refractivity contribution is -0.137. The number of carboxylic acid groups (broad SMARTS) is 1. The van der Waals surface area contributed by atoms with Crippen LogP contribution in [0.25, 0.3) is 0 Å². The number of carbonyl (C=O) groups is 1. The molecule has 1 aliphatic rings. The van der Waals surface area contributed by atoms with E-state index in [4.69, 9.17) is 5.11 Å². The first-order chi connectivity index (χ1) is 10.7. The second-order valence-electron chi connectivity index (χ2n) is 7.43. The van der Waals surface area contributed by atoms with Crippen LogP contribution in [0.2, 0.25) is 0 Å². The highest BCUT2D eigenvalue weighted by Crippen LogP contribution is 2.50. The number of hydrogen-bond acceptors (Lipinski definition) is 2. The third kappa shape index (κ3) is 3.15. The van der Waals surface area contributed by atoms with Gasteiger partial charge < -0.3 is 10.2 Å². The highest BCUT2D eigenvalue weighted by molar-refractivity contribution is 5.67. The fourth-order valence-electron chi connectivity index (χ4n) is 4.36. The van der Waals surface area contributed by atoms with E-state index in [1.165, 1.54) is 11.1 Å². The SMILES string of the molecule is C=C(C)C1CCc2c(ccc(O)c2C(C)C)C1(C)CCC(=O)O. The molecule has 0 fully saturated rings. The van der Waals surface area contributed by atoms with Crippen LogP contribution in [0, 0.1) is 5.92 Å². The van der Waals surface area contributed by atoms with Crippen LogP contribution in [0.4, 0.5) is 0 Å². The summed E-state index contributed by atoms with van der Waals surface area (Å²) in [6.07, 6.45) is 2.62. The Bertz CT molecular complexity index is 630. The smallest absolute Gasteiger partial charge is 0.303 e. The van der Waals surface area contributed by atoms with E-state index >= 15 is 0 Å². The lowest BCUT2D eigenvalue weighted by Gasteiger charge is -2.44. The van der Waals surface area contributed by atoms with Crippen molar-refractivity contribution in [2.45, 2.75) is 64.7 Å².